The van der Waals surface area contributed by atoms with Crippen molar-refractivity contribution in [3.8, 4) is 0 Å². The van der Waals surface area contributed by atoms with Gasteiger partial charge in [0.15, 0.2) is 0 Å². The maximum absolute atomic E-state index is 2.37. The molecule has 0 aliphatic carbocycles. The Labute approximate surface area is 218 Å². The first-order valence-electron chi connectivity index (χ1n) is 10.9. The van der Waals surface area contributed by atoms with Crippen LogP contribution in [0, 0.1) is 0 Å². The Morgan fingerprint density at radius 1 is 0.265 bits per heavy atom. The molecule has 5 rings (SSSR count). The van der Waals surface area contributed by atoms with Gasteiger partial charge < -0.3 is 0 Å². The fraction of sp³-hybridized carbons (Fsp3) is 0. The van der Waals surface area contributed by atoms with E-state index in [4.69, 9.17) is 0 Å². The minimum atomic E-state index is 1.25. The van der Waals surface area contributed by atoms with Crippen molar-refractivity contribution in [3.63, 3.8) is 0 Å². The third kappa shape index (κ3) is 6.34. The van der Waals surface area contributed by atoms with Crippen molar-refractivity contribution >= 4 is 47.0 Å². The standard InChI is InChI=1S/C30H22S4/c1-5-13-23(14-6-1)31-27-21-29(33-25-17-9-3-10-18-25)30(34-26-19-11-4-12-20-26)22-28(27)32-24-15-7-2-8-16-24/h1-22H. The van der Waals surface area contributed by atoms with Crippen LogP contribution in [0.1, 0.15) is 0 Å². The molecule has 0 saturated carbocycles. The first-order chi connectivity index (χ1) is 16.8. The Kier molecular flexibility index (Phi) is 8.05. The van der Waals surface area contributed by atoms with Gasteiger partial charge in [-0.1, -0.05) is 120 Å². The van der Waals surface area contributed by atoms with Crippen LogP contribution in [-0.4, -0.2) is 0 Å². The molecule has 166 valence electrons. The van der Waals surface area contributed by atoms with E-state index in [2.05, 4.69) is 133 Å². The van der Waals surface area contributed by atoms with E-state index in [1.807, 2.05) is 47.0 Å². The van der Waals surface area contributed by atoms with Crippen LogP contribution in [-0.2, 0) is 0 Å². The van der Waals surface area contributed by atoms with Gasteiger partial charge in [-0.2, -0.15) is 0 Å². The molecule has 34 heavy (non-hydrogen) atoms. The molecule has 0 heterocycles. The van der Waals surface area contributed by atoms with Crippen molar-refractivity contribution in [1.82, 2.24) is 0 Å². The summed E-state index contributed by atoms with van der Waals surface area (Å²) in [6, 6.07) is 47.3. The molecule has 5 aromatic carbocycles. The Bertz CT molecular complexity index is 1110. The van der Waals surface area contributed by atoms with Crippen LogP contribution in [0.4, 0.5) is 0 Å². The third-order valence-corrected chi connectivity index (χ3v) is 9.41. The van der Waals surface area contributed by atoms with Gasteiger partial charge in [-0.25, -0.2) is 0 Å². The zero-order valence-electron chi connectivity index (χ0n) is 18.3. The summed E-state index contributed by atoms with van der Waals surface area (Å²) >= 11 is 7.32. The molecule has 0 amide bonds. The minimum absolute atomic E-state index is 1.25. The molecule has 0 unspecified atom stereocenters. The van der Waals surface area contributed by atoms with Crippen LogP contribution in [0.3, 0.4) is 0 Å². The summed E-state index contributed by atoms with van der Waals surface area (Å²) < 4.78 is 0. The molecule has 0 N–H and O–H groups in total. The van der Waals surface area contributed by atoms with E-state index < -0.39 is 0 Å². The SMILES string of the molecule is c1ccc(Sc2cc(Sc3ccccc3)c(Sc3ccccc3)cc2Sc2ccccc2)cc1. The van der Waals surface area contributed by atoms with Crippen LogP contribution in [0.2, 0.25) is 0 Å². The predicted molar refractivity (Wildman–Crippen MR) is 149 cm³/mol. The minimum Gasteiger partial charge on any atom is -0.0889 e. The average molecular weight is 511 g/mol. The van der Waals surface area contributed by atoms with Gasteiger partial charge in [0.25, 0.3) is 0 Å². The highest BCUT2D eigenvalue weighted by Gasteiger charge is 2.15. The van der Waals surface area contributed by atoms with E-state index in [0.29, 0.717) is 0 Å². The molecule has 0 aromatic heterocycles. The molecule has 0 spiro atoms. The van der Waals surface area contributed by atoms with Crippen molar-refractivity contribution in [3.05, 3.63) is 133 Å². The quantitative estimate of drug-likeness (QED) is 0.203. The molecule has 0 nitrogen and oxygen atoms in total. The first-order valence-corrected chi connectivity index (χ1v) is 14.2. The molecular weight excluding hydrogens is 489 g/mol. The van der Waals surface area contributed by atoms with Crippen LogP contribution < -0.4 is 0 Å². The average Bonchev–Trinajstić information content (AvgIpc) is 2.89. The Balaban J connectivity index is 1.59. The van der Waals surface area contributed by atoms with E-state index >= 15 is 0 Å². The van der Waals surface area contributed by atoms with E-state index in [9.17, 15) is 0 Å². The molecule has 0 saturated heterocycles. The molecule has 5 aromatic rings. The van der Waals surface area contributed by atoms with Crippen molar-refractivity contribution < 1.29 is 0 Å². The summed E-state index contributed by atoms with van der Waals surface area (Å²) in [6.45, 7) is 0. The van der Waals surface area contributed by atoms with E-state index in [0.717, 1.165) is 0 Å². The number of hydrogen-bond acceptors (Lipinski definition) is 4. The number of rotatable bonds is 8. The first kappa shape index (κ1) is 23.3. The van der Waals surface area contributed by atoms with E-state index in [1.165, 1.54) is 39.2 Å². The topological polar surface area (TPSA) is 0 Å². The smallest absolute Gasteiger partial charge is 0.0274 e. The Morgan fingerprint density at radius 2 is 0.471 bits per heavy atom. The number of benzene rings is 5. The lowest BCUT2D eigenvalue weighted by Gasteiger charge is -2.16. The zero-order valence-corrected chi connectivity index (χ0v) is 21.6. The second-order valence-corrected chi connectivity index (χ2v) is 11.9. The second kappa shape index (κ2) is 11.8. The van der Waals surface area contributed by atoms with E-state index in [1.54, 1.807) is 0 Å². The lowest BCUT2D eigenvalue weighted by atomic mass is 10.3. The van der Waals surface area contributed by atoms with Gasteiger partial charge in [0, 0.05) is 39.2 Å². The summed E-state index contributed by atoms with van der Waals surface area (Å²) in [5, 5.41) is 0. The third-order valence-electron chi connectivity index (χ3n) is 4.89. The fourth-order valence-corrected chi connectivity index (χ4v) is 7.49. The summed E-state index contributed by atoms with van der Waals surface area (Å²) in [7, 11) is 0. The Hall–Kier alpha value is -2.50. The molecule has 0 fully saturated rings. The lowest BCUT2D eigenvalue weighted by Crippen LogP contribution is -1.87. The molecule has 0 aliphatic heterocycles. The highest BCUT2D eigenvalue weighted by atomic mass is 32.2. The summed E-state index contributed by atoms with van der Waals surface area (Å²) in [4.78, 5) is 10.1. The van der Waals surface area contributed by atoms with Gasteiger partial charge in [-0.05, 0) is 60.7 Å². The van der Waals surface area contributed by atoms with Crippen molar-refractivity contribution in [2.75, 3.05) is 0 Å². The van der Waals surface area contributed by atoms with Gasteiger partial charge in [-0.15, -0.1) is 0 Å². The van der Waals surface area contributed by atoms with Crippen molar-refractivity contribution in [1.29, 1.82) is 0 Å². The summed E-state index contributed by atoms with van der Waals surface area (Å²) in [5.74, 6) is 0. The normalized spacial score (nSPS) is 10.8. The Morgan fingerprint density at radius 3 is 0.676 bits per heavy atom. The number of hydrogen-bond donors (Lipinski definition) is 0. The fourth-order valence-electron chi connectivity index (χ4n) is 3.30. The molecule has 0 bridgehead atoms. The van der Waals surface area contributed by atoms with Crippen LogP contribution in [0.25, 0.3) is 0 Å². The summed E-state index contributed by atoms with van der Waals surface area (Å²) in [6.07, 6.45) is 0. The molecule has 0 radical (unpaired) electrons. The predicted octanol–water partition coefficient (Wildman–Crippen LogP) is 10.3. The zero-order chi connectivity index (χ0) is 23.0. The van der Waals surface area contributed by atoms with Crippen molar-refractivity contribution in [2.24, 2.45) is 0 Å². The highest BCUT2D eigenvalue weighted by Crippen LogP contribution is 2.47. The van der Waals surface area contributed by atoms with E-state index in [-0.39, 0.29) is 0 Å². The highest BCUT2D eigenvalue weighted by molar-refractivity contribution is 8.03. The van der Waals surface area contributed by atoms with Crippen LogP contribution >= 0.6 is 47.0 Å². The van der Waals surface area contributed by atoms with Crippen LogP contribution in [0.15, 0.2) is 173 Å². The largest absolute Gasteiger partial charge is 0.0889 e. The van der Waals surface area contributed by atoms with Crippen LogP contribution in [0.5, 0.6) is 0 Å². The van der Waals surface area contributed by atoms with Gasteiger partial charge in [-0.3, -0.25) is 0 Å². The van der Waals surface area contributed by atoms with Gasteiger partial charge in [0.2, 0.25) is 0 Å². The lowest BCUT2D eigenvalue weighted by molar-refractivity contribution is 1.08. The van der Waals surface area contributed by atoms with Crippen molar-refractivity contribution in [2.45, 2.75) is 39.2 Å². The maximum Gasteiger partial charge on any atom is 0.0274 e. The van der Waals surface area contributed by atoms with Gasteiger partial charge in [0.1, 0.15) is 0 Å². The van der Waals surface area contributed by atoms with Gasteiger partial charge >= 0.3 is 0 Å². The molecule has 4 heteroatoms. The van der Waals surface area contributed by atoms with Gasteiger partial charge in [0.05, 0.1) is 0 Å². The summed E-state index contributed by atoms with van der Waals surface area (Å²) in [5.41, 5.74) is 0. The molecular formula is C30H22S4. The maximum atomic E-state index is 2.37. The molecule has 0 atom stereocenters. The molecule has 0 aliphatic rings. The second-order valence-electron chi connectivity index (χ2n) is 7.41. The monoisotopic (exact) mass is 510 g/mol.